The summed E-state index contributed by atoms with van der Waals surface area (Å²) in [5.74, 6) is 0.879. The quantitative estimate of drug-likeness (QED) is 0.687. The maximum Gasteiger partial charge on any atom is 0.262 e. The van der Waals surface area contributed by atoms with Gasteiger partial charge in [0.15, 0.2) is 0 Å². The summed E-state index contributed by atoms with van der Waals surface area (Å²) in [6.07, 6.45) is 4.14. The fraction of sp³-hybridized carbons (Fsp3) is 0.368. The first-order valence-electron chi connectivity index (χ1n) is 9.07. The Labute approximate surface area is 160 Å². The van der Waals surface area contributed by atoms with Crippen LogP contribution in [0.4, 0.5) is 5.82 Å². The van der Waals surface area contributed by atoms with Gasteiger partial charge in [0.05, 0.1) is 11.7 Å². The summed E-state index contributed by atoms with van der Waals surface area (Å²) in [6.45, 7) is 4.80. The molecular formula is C19H21N5O2S. The predicted molar refractivity (Wildman–Crippen MR) is 106 cm³/mol. The number of aromatic nitrogens is 3. The monoisotopic (exact) mass is 383 g/mol. The molecule has 27 heavy (non-hydrogen) atoms. The van der Waals surface area contributed by atoms with Crippen LogP contribution in [0.5, 0.6) is 0 Å². The summed E-state index contributed by atoms with van der Waals surface area (Å²) in [7, 11) is 0. The molecule has 3 aromatic rings. The van der Waals surface area contributed by atoms with E-state index in [0.29, 0.717) is 18.5 Å². The smallest absolute Gasteiger partial charge is 0.262 e. The van der Waals surface area contributed by atoms with Crippen molar-refractivity contribution in [3.05, 3.63) is 52.0 Å². The van der Waals surface area contributed by atoms with E-state index in [2.05, 4.69) is 21.8 Å². The number of anilines is 1. The third-order valence-electron chi connectivity index (χ3n) is 4.83. The number of carbonyl (C=O) groups is 1. The van der Waals surface area contributed by atoms with Gasteiger partial charge in [0.2, 0.25) is 5.91 Å². The maximum atomic E-state index is 12.7. The lowest BCUT2D eigenvalue weighted by atomic mass is 10.3. The number of amides is 1. The summed E-state index contributed by atoms with van der Waals surface area (Å²) in [4.78, 5) is 39.9. The number of carbonyl (C=O) groups excluding carboxylic acids is 1. The first-order chi connectivity index (χ1) is 13.2. The van der Waals surface area contributed by atoms with Crippen LogP contribution in [-0.4, -0.2) is 51.5 Å². The molecule has 1 fully saturated rings. The summed E-state index contributed by atoms with van der Waals surface area (Å²) in [6, 6.07) is 7.72. The van der Waals surface area contributed by atoms with Crippen molar-refractivity contribution < 1.29 is 4.79 Å². The number of hydrogen-bond acceptors (Lipinski definition) is 6. The van der Waals surface area contributed by atoms with E-state index in [-0.39, 0.29) is 18.0 Å². The summed E-state index contributed by atoms with van der Waals surface area (Å²) >= 11 is 1.53. The van der Waals surface area contributed by atoms with Crippen molar-refractivity contribution in [3.8, 4) is 0 Å². The van der Waals surface area contributed by atoms with Crippen molar-refractivity contribution in [3.63, 3.8) is 0 Å². The molecular weight excluding hydrogens is 362 g/mol. The van der Waals surface area contributed by atoms with E-state index in [1.165, 1.54) is 22.2 Å². The van der Waals surface area contributed by atoms with Crippen molar-refractivity contribution >= 4 is 33.3 Å². The fourth-order valence-corrected chi connectivity index (χ4v) is 4.19. The molecule has 0 aromatic carbocycles. The Kier molecular flexibility index (Phi) is 4.89. The molecule has 8 heteroatoms. The van der Waals surface area contributed by atoms with E-state index in [9.17, 15) is 9.59 Å². The second-order valence-corrected chi connectivity index (χ2v) is 7.63. The molecule has 1 amide bonds. The molecule has 0 atom stereocenters. The molecule has 4 rings (SSSR count). The standard InChI is InChI=1S/C19H21N5O2S/c1-2-14-11-15-18(27-14)21-13-24(19(15)26)12-17(25)23-9-7-22(8-10-23)16-5-3-4-6-20-16/h3-6,11,13H,2,7-10,12H2,1H3. The third-order valence-corrected chi connectivity index (χ3v) is 6.02. The number of aryl methyl sites for hydroxylation is 1. The van der Waals surface area contributed by atoms with Crippen LogP contribution >= 0.6 is 11.3 Å². The molecule has 1 aliphatic rings. The first kappa shape index (κ1) is 17.7. The number of rotatable bonds is 4. The zero-order valence-electron chi connectivity index (χ0n) is 15.2. The van der Waals surface area contributed by atoms with Crippen LogP contribution in [0.3, 0.4) is 0 Å². The Bertz CT molecular complexity index is 1010. The van der Waals surface area contributed by atoms with Gasteiger partial charge in [-0.05, 0) is 24.6 Å². The van der Waals surface area contributed by atoms with Gasteiger partial charge < -0.3 is 9.80 Å². The summed E-state index contributed by atoms with van der Waals surface area (Å²) in [5, 5.41) is 0.604. The second kappa shape index (κ2) is 7.48. The minimum Gasteiger partial charge on any atom is -0.353 e. The van der Waals surface area contributed by atoms with Gasteiger partial charge in [-0.1, -0.05) is 13.0 Å². The van der Waals surface area contributed by atoms with Crippen molar-refractivity contribution in [2.75, 3.05) is 31.1 Å². The number of fused-ring (bicyclic) bond motifs is 1. The minimum absolute atomic E-state index is 0.0304. The highest BCUT2D eigenvalue weighted by molar-refractivity contribution is 7.18. The van der Waals surface area contributed by atoms with Gasteiger partial charge in [0, 0.05) is 37.3 Å². The summed E-state index contributed by atoms with van der Waals surface area (Å²) in [5.41, 5.74) is -0.142. The Morgan fingerprint density at radius 1 is 1.19 bits per heavy atom. The van der Waals surface area contributed by atoms with E-state index in [0.717, 1.165) is 35.0 Å². The molecule has 0 N–H and O–H groups in total. The van der Waals surface area contributed by atoms with Gasteiger partial charge in [-0.15, -0.1) is 11.3 Å². The number of hydrogen-bond donors (Lipinski definition) is 0. The highest BCUT2D eigenvalue weighted by atomic mass is 32.1. The molecule has 1 saturated heterocycles. The van der Waals surface area contributed by atoms with Crippen LogP contribution in [0.25, 0.3) is 10.2 Å². The van der Waals surface area contributed by atoms with Crippen molar-refractivity contribution in [2.24, 2.45) is 0 Å². The van der Waals surface area contributed by atoms with E-state index in [4.69, 9.17) is 0 Å². The van der Waals surface area contributed by atoms with Gasteiger partial charge in [0.25, 0.3) is 5.56 Å². The van der Waals surface area contributed by atoms with Crippen LogP contribution in [0.1, 0.15) is 11.8 Å². The molecule has 0 saturated carbocycles. The van der Waals surface area contributed by atoms with Gasteiger partial charge in [-0.25, -0.2) is 9.97 Å². The lowest BCUT2D eigenvalue weighted by Gasteiger charge is -2.35. The maximum absolute atomic E-state index is 12.7. The Morgan fingerprint density at radius 2 is 2.00 bits per heavy atom. The zero-order chi connectivity index (χ0) is 18.8. The van der Waals surface area contributed by atoms with Crippen LogP contribution in [-0.2, 0) is 17.8 Å². The van der Waals surface area contributed by atoms with Crippen molar-refractivity contribution in [1.29, 1.82) is 0 Å². The molecule has 4 heterocycles. The van der Waals surface area contributed by atoms with Gasteiger partial charge >= 0.3 is 0 Å². The highest BCUT2D eigenvalue weighted by Crippen LogP contribution is 2.21. The molecule has 0 spiro atoms. The fourth-order valence-electron chi connectivity index (χ4n) is 3.27. The number of pyridine rings is 1. The van der Waals surface area contributed by atoms with E-state index in [1.807, 2.05) is 24.3 Å². The zero-order valence-corrected chi connectivity index (χ0v) is 16.0. The molecule has 7 nitrogen and oxygen atoms in total. The van der Waals surface area contributed by atoms with E-state index < -0.39 is 0 Å². The molecule has 1 aliphatic heterocycles. The van der Waals surface area contributed by atoms with Gasteiger partial charge in [-0.2, -0.15) is 0 Å². The molecule has 140 valence electrons. The number of thiophene rings is 1. The molecule has 0 bridgehead atoms. The van der Waals surface area contributed by atoms with Crippen LogP contribution < -0.4 is 10.5 Å². The Morgan fingerprint density at radius 3 is 2.70 bits per heavy atom. The van der Waals surface area contributed by atoms with Crippen LogP contribution in [0, 0.1) is 0 Å². The van der Waals surface area contributed by atoms with E-state index >= 15 is 0 Å². The lowest BCUT2D eigenvalue weighted by molar-refractivity contribution is -0.132. The van der Waals surface area contributed by atoms with Crippen molar-refractivity contribution in [1.82, 2.24) is 19.4 Å². The SMILES string of the molecule is CCc1cc2c(=O)n(CC(=O)N3CCN(c4ccccn4)CC3)cnc2s1. The normalized spacial score (nSPS) is 14.7. The third kappa shape index (κ3) is 3.57. The second-order valence-electron chi connectivity index (χ2n) is 6.52. The average Bonchev–Trinajstić information content (AvgIpc) is 3.15. The van der Waals surface area contributed by atoms with Gasteiger partial charge in [-0.3, -0.25) is 14.2 Å². The lowest BCUT2D eigenvalue weighted by Crippen LogP contribution is -2.50. The predicted octanol–water partition coefficient (Wildman–Crippen LogP) is 1.76. The van der Waals surface area contributed by atoms with Crippen molar-refractivity contribution in [2.45, 2.75) is 19.9 Å². The molecule has 3 aromatic heterocycles. The largest absolute Gasteiger partial charge is 0.353 e. The molecule has 0 aliphatic carbocycles. The molecule has 0 unspecified atom stereocenters. The topological polar surface area (TPSA) is 71.3 Å². The van der Waals surface area contributed by atoms with Crippen LogP contribution in [0.15, 0.2) is 41.6 Å². The Hall–Kier alpha value is -2.74. The minimum atomic E-state index is -0.142. The molecule has 0 radical (unpaired) electrons. The number of piperazine rings is 1. The summed E-state index contributed by atoms with van der Waals surface area (Å²) < 4.78 is 1.42. The average molecular weight is 383 g/mol. The van der Waals surface area contributed by atoms with Crippen LogP contribution in [0.2, 0.25) is 0 Å². The first-order valence-corrected chi connectivity index (χ1v) is 9.89. The highest BCUT2D eigenvalue weighted by Gasteiger charge is 2.22. The Balaban J connectivity index is 1.43. The van der Waals surface area contributed by atoms with Gasteiger partial charge in [0.1, 0.15) is 17.2 Å². The number of nitrogens with zero attached hydrogens (tertiary/aromatic N) is 5. The van der Waals surface area contributed by atoms with E-state index in [1.54, 1.807) is 11.1 Å².